The second kappa shape index (κ2) is 3.87. The minimum absolute atomic E-state index is 0. The molecule has 0 aliphatic carbocycles. The van der Waals surface area contributed by atoms with E-state index >= 15 is 0 Å². The number of nitrogens with one attached hydrogen (secondary N) is 1. The monoisotopic (exact) mass is 117 g/mol. The predicted octanol–water partition coefficient (Wildman–Crippen LogP) is 0.631. The molecule has 1 heterocycles. The Labute approximate surface area is 51.2 Å². The van der Waals surface area contributed by atoms with E-state index in [9.17, 15) is 0 Å². The fourth-order valence-corrected chi connectivity index (χ4v) is 0.697. The van der Waals surface area contributed by atoms with Crippen molar-refractivity contribution in [3.8, 4) is 0 Å². The number of hydrogen-bond acceptors (Lipinski definition) is 2. The van der Waals surface area contributed by atoms with Crippen molar-refractivity contribution in [1.29, 1.82) is 0 Å². The first-order valence-electron chi connectivity index (χ1n) is 2.71. The van der Waals surface area contributed by atoms with E-state index in [4.69, 9.17) is 4.74 Å². The van der Waals surface area contributed by atoms with Crippen molar-refractivity contribution in [2.75, 3.05) is 19.8 Å². The summed E-state index contributed by atoms with van der Waals surface area (Å²) in [6, 6.07) is 0.564. The minimum Gasteiger partial charge on any atom is -0.379 e. The van der Waals surface area contributed by atoms with Gasteiger partial charge in [0.2, 0.25) is 0 Å². The molecule has 2 nitrogen and oxygen atoms in total. The molecule has 1 N–H and O–H groups in total. The number of morpholine rings is 1. The van der Waals surface area contributed by atoms with Crippen LogP contribution in [-0.4, -0.2) is 25.8 Å². The zero-order valence-corrected chi connectivity index (χ0v) is 4.61. The minimum atomic E-state index is 0. The van der Waals surface area contributed by atoms with Crippen molar-refractivity contribution in [2.24, 2.45) is 0 Å². The molecule has 50 valence electrons. The summed E-state index contributed by atoms with van der Waals surface area (Å²) >= 11 is 0. The van der Waals surface area contributed by atoms with Crippen LogP contribution in [0.2, 0.25) is 0 Å². The van der Waals surface area contributed by atoms with Crippen molar-refractivity contribution < 1.29 is 4.74 Å². The second-order valence-electron chi connectivity index (χ2n) is 1.93. The molecule has 1 fully saturated rings. The molecule has 0 saturated carbocycles. The highest BCUT2D eigenvalue weighted by molar-refractivity contribution is 4.62. The molecule has 0 aromatic heterocycles. The lowest BCUT2D eigenvalue weighted by Gasteiger charge is -2.19. The van der Waals surface area contributed by atoms with Crippen LogP contribution < -0.4 is 5.32 Å². The van der Waals surface area contributed by atoms with Crippen LogP contribution in [0, 0.1) is 0 Å². The Morgan fingerprint density at radius 1 is 1.62 bits per heavy atom. The van der Waals surface area contributed by atoms with E-state index in [2.05, 4.69) is 12.2 Å². The van der Waals surface area contributed by atoms with Gasteiger partial charge in [-0.1, -0.05) is 7.43 Å². The molecule has 0 bridgehead atoms. The lowest BCUT2D eigenvalue weighted by molar-refractivity contribution is 0.0824. The van der Waals surface area contributed by atoms with Crippen LogP contribution >= 0.6 is 0 Å². The Hall–Kier alpha value is -0.0800. The number of rotatable bonds is 0. The van der Waals surface area contributed by atoms with E-state index in [0.29, 0.717) is 6.04 Å². The molecule has 1 unspecified atom stereocenters. The van der Waals surface area contributed by atoms with Gasteiger partial charge in [-0.3, -0.25) is 0 Å². The summed E-state index contributed by atoms with van der Waals surface area (Å²) in [7, 11) is 0. The summed E-state index contributed by atoms with van der Waals surface area (Å²) in [6.45, 7) is 4.89. The lowest BCUT2D eigenvalue weighted by Crippen LogP contribution is -2.38. The first kappa shape index (κ1) is 7.92. The second-order valence-corrected chi connectivity index (χ2v) is 1.93. The zero-order chi connectivity index (χ0) is 5.11. The third-order valence-electron chi connectivity index (χ3n) is 1.11. The largest absolute Gasteiger partial charge is 0.379 e. The van der Waals surface area contributed by atoms with Gasteiger partial charge in [0, 0.05) is 12.6 Å². The molecule has 1 aliphatic rings. The van der Waals surface area contributed by atoms with Gasteiger partial charge in [-0.25, -0.2) is 0 Å². The van der Waals surface area contributed by atoms with Gasteiger partial charge in [0.25, 0.3) is 0 Å². The van der Waals surface area contributed by atoms with Gasteiger partial charge in [0.05, 0.1) is 13.2 Å². The molecule has 0 spiro atoms. The molecule has 0 aromatic carbocycles. The summed E-state index contributed by atoms with van der Waals surface area (Å²) in [5.74, 6) is 0. The number of ether oxygens (including phenoxy) is 1. The average Bonchev–Trinajstić information content (AvgIpc) is 1.69. The standard InChI is InChI=1S/C5H11NO.CH4/c1-5-4-7-3-2-6-5;/h5-6H,2-4H2,1H3;1H4. The lowest BCUT2D eigenvalue weighted by atomic mass is 10.3. The van der Waals surface area contributed by atoms with Gasteiger partial charge in [-0.05, 0) is 6.92 Å². The molecular weight excluding hydrogens is 102 g/mol. The van der Waals surface area contributed by atoms with E-state index in [1.807, 2.05) is 0 Å². The summed E-state index contributed by atoms with van der Waals surface area (Å²) in [5, 5.41) is 3.26. The summed E-state index contributed by atoms with van der Waals surface area (Å²) in [6.07, 6.45) is 0. The van der Waals surface area contributed by atoms with Gasteiger partial charge in [-0.15, -0.1) is 0 Å². The third kappa shape index (κ3) is 2.28. The molecule has 2 heteroatoms. The Balaban J connectivity index is 0.000000490. The van der Waals surface area contributed by atoms with Crippen molar-refractivity contribution in [2.45, 2.75) is 20.4 Å². The average molecular weight is 117 g/mol. The van der Waals surface area contributed by atoms with Gasteiger partial charge >= 0.3 is 0 Å². The van der Waals surface area contributed by atoms with Crippen molar-refractivity contribution in [3.05, 3.63) is 0 Å². The Morgan fingerprint density at radius 3 is 2.62 bits per heavy atom. The van der Waals surface area contributed by atoms with E-state index in [0.717, 1.165) is 19.8 Å². The molecule has 0 amide bonds. The van der Waals surface area contributed by atoms with Gasteiger partial charge in [-0.2, -0.15) is 0 Å². The molecule has 1 aliphatic heterocycles. The summed E-state index contributed by atoms with van der Waals surface area (Å²) in [5.41, 5.74) is 0. The molecule has 0 aromatic rings. The van der Waals surface area contributed by atoms with Crippen LogP contribution in [0.5, 0.6) is 0 Å². The first-order chi connectivity index (χ1) is 3.39. The smallest absolute Gasteiger partial charge is 0.0617 e. The van der Waals surface area contributed by atoms with Crippen molar-refractivity contribution >= 4 is 0 Å². The molecule has 8 heavy (non-hydrogen) atoms. The normalized spacial score (nSPS) is 28.9. The number of hydrogen-bond donors (Lipinski definition) is 1. The SMILES string of the molecule is C.CC1COCCN1. The van der Waals surface area contributed by atoms with Crippen molar-refractivity contribution in [3.63, 3.8) is 0 Å². The topological polar surface area (TPSA) is 21.3 Å². The highest BCUT2D eigenvalue weighted by atomic mass is 16.5. The van der Waals surface area contributed by atoms with Gasteiger partial charge < -0.3 is 10.1 Å². The highest BCUT2D eigenvalue weighted by Crippen LogP contribution is 1.88. The van der Waals surface area contributed by atoms with Crippen LogP contribution in [0.3, 0.4) is 0 Å². The maximum Gasteiger partial charge on any atom is 0.0617 e. The molecular formula is C6H15NO. The van der Waals surface area contributed by atoms with E-state index in [1.165, 1.54) is 0 Å². The fraction of sp³-hybridized carbons (Fsp3) is 1.00. The van der Waals surface area contributed by atoms with Crippen molar-refractivity contribution in [1.82, 2.24) is 5.32 Å². The van der Waals surface area contributed by atoms with E-state index in [1.54, 1.807) is 0 Å². The van der Waals surface area contributed by atoms with E-state index < -0.39 is 0 Å². The Bertz CT molecular complexity index is 50.5. The predicted molar refractivity (Wildman–Crippen MR) is 35.0 cm³/mol. The fourth-order valence-electron chi connectivity index (χ4n) is 0.697. The van der Waals surface area contributed by atoms with Crippen LogP contribution in [0.15, 0.2) is 0 Å². The van der Waals surface area contributed by atoms with Gasteiger partial charge in [0.1, 0.15) is 0 Å². The summed E-state index contributed by atoms with van der Waals surface area (Å²) < 4.78 is 5.12. The first-order valence-corrected chi connectivity index (χ1v) is 2.71. The molecule has 1 rings (SSSR count). The maximum absolute atomic E-state index is 5.12. The maximum atomic E-state index is 5.12. The van der Waals surface area contributed by atoms with Crippen LogP contribution in [0.1, 0.15) is 14.4 Å². The zero-order valence-electron chi connectivity index (χ0n) is 4.61. The quantitative estimate of drug-likeness (QED) is 0.502. The third-order valence-corrected chi connectivity index (χ3v) is 1.11. The summed E-state index contributed by atoms with van der Waals surface area (Å²) in [4.78, 5) is 0. The highest BCUT2D eigenvalue weighted by Gasteiger charge is 2.04. The Morgan fingerprint density at radius 2 is 2.38 bits per heavy atom. The van der Waals surface area contributed by atoms with Gasteiger partial charge in [0.15, 0.2) is 0 Å². The van der Waals surface area contributed by atoms with E-state index in [-0.39, 0.29) is 7.43 Å². The van der Waals surface area contributed by atoms with Crippen LogP contribution in [0.4, 0.5) is 0 Å². The molecule has 0 radical (unpaired) electrons. The van der Waals surface area contributed by atoms with Crippen LogP contribution in [0.25, 0.3) is 0 Å². The Kier molecular flexibility index (Phi) is 3.83. The molecule has 1 saturated heterocycles. The molecule has 1 atom stereocenters. The van der Waals surface area contributed by atoms with Crippen LogP contribution in [-0.2, 0) is 4.74 Å².